The van der Waals surface area contributed by atoms with E-state index in [1.54, 1.807) is 31.5 Å². The summed E-state index contributed by atoms with van der Waals surface area (Å²) in [4.78, 5) is 17.5. The topological polar surface area (TPSA) is 55.6 Å². The van der Waals surface area contributed by atoms with Crippen LogP contribution in [0, 0.1) is 0 Å². The average molecular weight is 503 g/mol. The van der Waals surface area contributed by atoms with Crippen molar-refractivity contribution in [2.75, 3.05) is 13.7 Å². The van der Waals surface area contributed by atoms with Gasteiger partial charge in [-0.05, 0) is 42.3 Å². The number of fused-ring (bicyclic) bond motifs is 1. The van der Waals surface area contributed by atoms with Crippen LogP contribution in [0.1, 0.15) is 29.2 Å². The van der Waals surface area contributed by atoms with Crippen molar-refractivity contribution in [1.82, 2.24) is 14.7 Å². The van der Waals surface area contributed by atoms with Gasteiger partial charge in [-0.15, -0.1) is 0 Å². The minimum atomic E-state index is -0.284. The molecule has 2 aromatic heterocycles. The number of pyridine rings is 1. The van der Waals surface area contributed by atoms with Crippen LogP contribution in [-0.2, 0) is 11.2 Å². The average Bonchev–Trinajstić information content (AvgIpc) is 3.21. The maximum Gasteiger partial charge on any atom is 0.221 e. The Hall–Kier alpha value is -2.73. The molecule has 1 amide bonds. The van der Waals surface area contributed by atoms with Gasteiger partial charge in [0.1, 0.15) is 11.4 Å². The molecule has 0 saturated heterocycles. The number of para-hydroxylation sites is 1. The molecule has 2 heterocycles. The summed E-state index contributed by atoms with van der Waals surface area (Å²) in [5.74, 6) is 0.335. The second-order valence-electron chi connectivity index (χ2n) is 7.59. The van der Waals surface area contributed by atoms with Crippen molar-refractivity contribution >= 4 is 46.4 Å². The fourth-order valence-electron chi connectivity index (χ4n) is 3.88. The summed E-state index contributed by atoms with van der Waals surface area (Å²) in [5.41, 5.74) is 3.44. The molecule has 33 heavy (non-hydrogen) atoms. The van der Waals surface area contributed by atoms with Crippen LogP contribution in [0.3, 0.4) is 0 Å². The van der Waals surface area contributed by atoms with E-state index >= 15 is 0 Å². The number of hydrogen-bond donors (Lipinski definition) is 1. The highest BCUT2D eigenvalue weighted by Gasteiger charge is 2.24. The zero-order chi connectivity index (χ0) is 23.4. The number of nitrogens with one attached hydrogen (secondary N) is 1. The number of methoxy groups -OCH3 is 1. The molecule has 170 valence electrons. The Kier molecular flexibility index (Phi) is 7.43. The van der Waals surface area contributed by atoms with Gasteiger partial charge in [0.05, 0.1) is 17.8 Å². The van der Waals surface area contributed by atoms with Gasteiger partial charge in [0.2, 0.25) is 5.91 Å². The molecular weight excluding hydrogens is 481 g/mol. The second kappa shape index (κ2) is 10.5. The van der Waals surface area contributed by atoms with E-state index in [0.717, 1.165) is 22.5 Å². The highest BCUT2D eigenvalue weighted by Crippen LogP contribution is 2.35. The molecule has 4 rings (SSSR count). The normalized spacial score (nSPS) is 12.0. The molecule has 2 aromatic carbocycles. The van der Waals surface area contributed by atoms with Gasteiger partial charge >= 0.3 is 0 Å². The lowest BCUT2D eigenvalue weighted by Gasteiger charge is -2.20. The molecule has 0 aliphatic rings. The summed E-state index contributed by atoms with van der Waals surface area (Å²) < 4.78 is 7.51. The van der Waals surface area contributed by atoms with Gasteiger partial charge < -0.3 is 14.5 Å². The van der Waals surface area contributed by atoms with Crippen LogP contribution in [0.4, 0.5) is 0 Å². The lowest BCUT2D eigenvalue weighted by Crippen LogP contribution is -2.28. The number of hydrogen-bond acceptors (Lipinski definition) is 3. The van der Waals surface area contributed by atoms with Crippen molar-refractivity contribution < 1.29 is 9.53 Å². The molecular formula is C25H22Cl3N3O2. The van der Waals surface area contributed by atoms with Crippen molar-refractivity contribution in [3.63, 3.8) is 0 Å². The number of imidazole rings is 1. The first kappa shape index (κ1) is 23.4. The molecule has 5 nitrogen and oxygen atoms in total. The van der Waals surface area contributed by atoms with Crippen LogP contribution in [0.5, 0.6) is 5.75 Å². The number of carbonyl (C=O) groups excluding carboxylic acids is 1. The Morgan fingerprint density at radius 3 is 2.67 bits per heavy atom. The van der Waals surface area contributed by atoms with Crippen LogP contribution in [0.25, 0.3) is 5.65 Å². The number of halogens is 3. The Bertz CT molecular complexity index is 1290. The van der Waals surface area contributed by atoms with Gasteiger partial charge in [0.25, 0.3) is 0 Å². The number of nitrogens with zero attached hydrogens (tertiary/aromatic N) is 2. The molecule has 0 aliphatic carbocycles. The summed E-state index contributed by atoms with van der Waals surface area (Å²) in [6.07, 6.45) is 4.41. The fourth-order valence-corrected chi connectivity index (χ4v) is 4.54. The molecule has 4 aromatic rings. The molecule has 1 atom stereocenters. The zero-order valence-electron chi connectivity index (χ0n) is 17.9. The van der Waals surface area contributed by atoms with Crippen molar-refractivity contribution in [3.05, 3.63) is 98.9 Å². The molecule has 0 radical (unpaired) electrons. The van der Waals surface area contributed by atoms with Crippen molar-refractivity contribution in [2.24, 2.45) is 0 Å². The predicted octanol–water partition coefficient (Wildman–Crippen LogP) is 6.18. The van der Waals surface area contributed by atoms with Crippen LogP contribution < -0.4 is 10.1 Å². The van der Waals surface area contributed by atoms with Gasteiger partial charge in [-0.3, -0.25) is 4.79 Å². The summed E-state index contributed by atoms with van der Waals surface area (Å²) in [6.45, 7) is 0.456. The second-order valence-corrected chi connectivity index (χ2v) is 8.87. The first-order valence-corrected chi connectivity index (χ1v) is 11.6. The monoisotopic (exact) mass is 501 g/mol. The quantitative estimate of drug-likeness (QED) is 0.313. The molecule has 1 unspecified atom stereocenters. The van der Waals surface area contributed by atoms with Crippen LogP contribution in [0.15, 0.2) is 67.0 Å². The maximum atomic E-state index is 13.0. The van der Waals surface area contributed by atoms with Gasteiger partial charge in [-0.25, -0.2) is 4.98 Å². The first-order chi connectivity index (χ1) is 16.0. The Labute approximate surface area is 207 Å². The Morgan fingerprint density at radius 1 is 1.09 bits per heavy atom. The third-order valence-electron chi connectivity index (χ3n) is 5.49. The van der Waals surface area contributed by atoms with E-state index in [0.29, 0.717) is 33.8 Å². The van der Waals surface area contributed by atoms with E-state index in [9.17, 15) is 4.79 Å². The van der Waals surface area contributed by atoms with E-state index in [4.69, 9.17) is 39.5 Å². The van der Waals surface area contributed by atoms with Gasteiger partial charge in [0.15, 0.2) is 0 Å². The van der Waals surface area contributed by atoms with E-state index in [1.807, 2.05) is 47.0 Å². The maximum absolute atomic E-state index is 13.0. The number of benzene rings is 2. The van der Waals surface area contributed by atoms with E-state index in [1.165, 1.54) is 0 Å². The minimum absolute atomic E-state index is 0.0898. The summed E-state index contributed by atoms with van der Waals surface area (Å²) in [6, 6.07) is 16.7. The SMILES string of the molecule is COc1ccccc1C(CC(=O)NCCc1ccc(Cl)cc1Cl)c1cnc2ccc(Cl)cn12. The molecule has 0 spiro atoms. The fraction of sp³-hybridized carbons (Fsp3) is 0.200. The minimum Gasteiger partial charge on any atom is -0.496 e. The molecule has 0 saturated carbocycles. The molecule has 8 heteroatoms. The largest absolute Gasteiger partial charge is 0.496 e. The van der Waals surface area contributed by atoms with Gasteiger partial charge in [-0.1, -0.05) is 59.1 Å². The number of ether oxygens (including phenoxy) is 1. The van der Waals surface area contributed by atoms with Gasteiger partial charge in [-0.2, -0.15) is 0 Å². The lowest BCUT2D eigenvalue weighted by molar-refractivity contribution is -0.121. The van der Waals surface area contributed by atoms with E-state index in [-0.39, 0.29) is 18.2 Å². The Balaban J connectivity index is 1.57. The van der Waals surface area contributed by atoms with Crippen LogP contribution >= 0.6 is 34.8 Å². The van der Waals surface area contributed by atoms with Crippen LogP contribution in [0.2, 0.25) is 15.1 Å². The molecule has 0 fully saturated rings. The number of carbonyl (C=O) groups is 1. The summed E-state index contributed by atoms with van der Waals surface area (Å²) in [5, 5.41) is 4.77. The van der Waals surface area contributed by atoms with Crippen molar-refractivity contribution in [3.8, 4) is 5.75 Å². The molecule has 1 N–H and O–H groups in total. The number of aromatic nitrogens is 2. The standard InChI is InChI=1S/C25H22Cl3N3O2/c1-33-23-5-3-2-4-19(23)20(22-14-30-24-9-8-18(27)15-31(22)24)13-25(32)29-11-10-16-6-7-17(26)12-21(16)28/h2-9,12,14-15,20H,10-11,13H2,1H3,(H,29,32). The third kappa shape index (κ3) is 5.44. The third-order valence-corrected chi connectivity index (χ3v) is 6.30. The Morgan fingerprint density at radius 2 is 1.88 bits per heavy atom. The van der Waals surface area contributed by atoms with Crippen molar-refractivity contribution in [1.29, 1.82) is 0 Å². The number of rotatable bonds is 8. The summed E-state index contributed by atoms with van der Waals surface area (Å²) in [7, 11) is 1.62. The predicted molar refractivity (Wildman–Crippen MR) is 133 cm³/mol. The highest BCUT2D eigenvalue weighted by atomic mass is 35.5. The smallest absolute Gasteiger partial charge is 0.221 e. The molecule has 0 aliphatic heterocycles. The van der Waals surface area contributed by atoms with E-state index in [2.05, 4.69) is 10.3 Å². The zero-order valence-corrected chi connectivity index (χ0v) is 20.2. The number of amides is 1. The van der Waals surface area contributed by atoms with Crippen LogP contribution in [-0.4, -0.2) is 28.9 Å². The summed E-state index contributed by atoms with van der Waals surface area (Å²) >= 11 is 18.4. The van der Waals surface area contributed by atoms with E-state index < -0.39 is 0 Å². The lowest BCUT2D eigenvalue weighted by atomic mass is 9.91. The highest BCUT2D eigenvalue weighted by molar-refractivity contribution is 6.35. The van der Waals surface area contributed by atoms with Crippen molar-refractivity contribution in [2.45, 2.75) is 18.8 Å². The van der Waals surface area contributed by atoms with Gasteiger partial charge in [0, 0.05) is 46.9 Å². The molecule has 0 bridgehead atoms. The first-order valence-electron chi connectivity index (χ1n) is 10.4.